The number of rotatable bonds is 7. The number of carbonyl (C=O) groups excluding carboxylic acids is 1. The van der Waals surface area contributed by atoms with Gasteiger partial charge in [0.05, 0.1) is 34.5 Å². The average molecular weight is 485 g/mol. The largest absolute Gasteiger partial charge is 0.493 e. The van der Waals surface area contributed by atoms with E-state index in [9.17, 15) is 4.79 Å². The highest BCUT2D eigenvalue weighted by Crippen LogP contribution is 2.41. The van der Waals surface area contributed by atoms with Crippen LogP contribution in [0.3, 0.4) is 0 Å². The normalized spacial score (nSPS) is 17.2. The van der Waals surface area contributed by atoms with Crippen LogP contribution in [-0.2, 0) is 9.53 Å². The van der Waals surface area contributed by atoms with Gasteiger partial charge in [-0.2, -0.15) is 0 Å². The molecule has 8 heteroatoms. The molecule has 1 fully saturated rings. The number of benzene rings is 2. The van der Waals surface area contributed by atoms with Crippen LogP contribution in [0.4, 0.5) is 5.69 Å². The lowest BCUT2D eigenvalue weighted by Crippen LogP contribution is -2.36. The van der Waals surface area contributed by atoms with Crippen molar-refractivity contribution in [3.8, 4) is 17.2 Å². The lowest BCUT2D eigenvalue weighted by molar-refractivity contribution is -0.113. The van der Waals surface area contributed by atoms with E-state index in [1.807, 2.05) is 24.3 Å². The molecule has 34 heavy (non-hydrogen) atoms. The van der Waals surface area contributed by atoms with Crippen LogP contribution >= 0.6 is 11.6 Å². The van der Waals surface area contributed by atoms with E-state index in [2.05, 4.69) is 16.3 Å². The van der Waals surface area contributed by atoms with Crippen LogP contribution in [0.25, 0.3) is 6.08 Å². The number of methoxy groups -OCH3 is 3. The standard InChI is InChI=1S/C26H29ClN2O5/c1-31-22-15-20(16-23(32-2)25(22)33-3)28-26(30)21-9-6-18(14-17-4-7-19(27)8-5-17)24(21)29-10-12-34-13-11-29/h4-5,7-8,14-16H,6,9-13H2,1-3H3,(H,28,30). The van der Waals surface area contributed by atoms with Crippen LogP contribution in [-0.4, -0.2) is 58.4 Å². The van der Waals surface area contributed by atoms with E-state index in [0.29, 0.717) is 47.6 Å². The summed E-state index contributed by atoms with van der Waals surface area (Å²) >= 11 is 6.05. The third-order valence-corrected chi connectivity index (χ3v) is 6.22. The van der Waals surface area contributed by atoms with Crippen LogP contribution in [0, 0.1) is 0 Å². The molecule has 1 aliphatic heterocycles. The summed E-state index contributed by atoms with van der Waals surface area (Å²) in [5, 5.41) is 3.73. The molecular weight excluding hydrogens is 456 g/mol. The van der Waals surface area contributed by atoms with Crippen LogP contribution in [0.2, 0.25) is 5.02 Å². The molecule has 180 valence electrons. The van der Waals surface area contributed by atoms with Gasteiger partial charge in [-0.25, -0.2) is 0 Å². The van der Waals surface area contributed by atoms with Crippen molar-refractivity contribution in [1.82, 2.24) is 4.90 Å². The Morgan fingerprint density at radius 3 is 2.24 bits per heavy atom. The monoisotopic (exact) mass is 484 g/mol. The molecule has 0 atom stereocenters. The molecule has 4 rings (SSSR count). The number of morpholine rings is 1. The van der Waals surface area contributed by atoms with Crippen molar-refractivity contribution in [3.05, 3.63) is 63.8 Å². The quantitative estimate of drug-likeness (QED) is 0.610. The Bertz CT molecular complexity index is 1080. The summed E-state index contributed by atoms with van der Waals surface area (Å²) in [4.78, 5) is 15.7. The van der Waals surface area contributed by atoms with Gasteiger partial charge in [0.25, 0.3) is 5.91 Å². The number of nitrogens with zero attached hydrogens (tertiary/aromatic N) is 1. The maximum atomic E-state index is 13.5. The number of halogens is 1. The zero-order valence-electron chi connectivity index (χ0n) is 19.7. The lowest BCUT2D eigenvalue weighted by atomic mass is 10.1. The van der Waals surface area contributed by atoms with Crippen molar-refractivity contribution in [3.63, 3.8) is 0 Å². The van der Waals surface area contributed by atoms with E-state index in [1.54, 1.807) is 33.5 Å². The van der Waals surface area contributed by atoms with Gasteiger partial charge >= 0.3 is 0 Å². The van der Waals surface area contributed by atoms with E-state index in [-0.39, 0.29) is 5.91 Å². The highest BCUT2D eigenvalue weighted by Gasteiger charge is 2.30. The Hall–Kier alpha value is -3.16. The number of hydrogen-bond acceptors (Lipinski definition) is 6. The van der Waals surface area contributed by atoms with Crippen molar-refractivity contribution < 1.29 is 23.7 Å². The van der Waals surface area contributed by atoms with Crippen LogP contribution in [0.1, 0.15) is 18.4 Å². The summed E-state index contributed by atoms with van der Waals surface area (Å²) in [7, 11) is 4.64. The molecule has 0 unspecified atom stereocenters. The SMILES string of the molecule is COc1cc(NC(=O)C2=C(N3CCOCC3)C(=Cc3ccc(Cl)cc3)CC2)cc(OC)c1OC. The average Bonchev–Trinajstić information content (AvgIpc) is 3.28. The topological polar surface area (TPSA) is 69.3 Å². The van der Waals surface area contributed by atoms with Gasteiger partial charge in [-0.1, -0.05) is 23.7 Å². The second-order valence-electron chi connectivity index (χ2n) is 8.02. The van der Waals surface area contributed by atoms with E-state index in [0.717, 1.165) is 41.9 Å². The van der Waals surface area contributed by atoms with Gasteiger partial charge in [0, 0.05) is 47.2 Å². The molecule has 1 N–H and O–H groups in total. The zero-order chi connectivity index (χ0) is 24.1. The maximum absolute atomic E-state index is 13.5. The Labute approximate surface area is 204 Å². The fourth-order valence-corrected chi connectivity index (χ4v) is 4.48. The fourth-order valence-electron chi connectivity index (χ4n) is 4.35. The van der Waals surface area contributed by atoms with Gasteiger partial charge < -0.3 is 29.2 Å². The first-order valence-electron chi connectivity index (χ1n) is 11.2. The molecule has 2 aromatic carbocycles. The number of nitrogens with one attached hydrogen (secondary N) is 1. The van der Waals surface area contributed by atoms with Crippen molar-refractivity contribution >= 4 is 29.3 Å². The first-order chi connectivity index (χ1) is 16.5. The van der Waals surface area contributed by atoms with Crippen LogP contribution in [0.15, 0.2) is 53.2 Å². The number of carbonyl (C=O) groups is 1. The van der Waals surface area contributed by atoms with E-state index >= 15 is 0 Å². The summed E-state index contributed by atoms with van der Waals surface area (Å²) in [5.41, 5.74) is 4.51. The predicted octanol–water partition coefficient (Wildman–Crippen LogP) is 4.77. The molecule has 1 amide bonds. The van der Waals surface area contributed by atoms with Gasteiger partial charge in [-0.05, 0) is 42.2 Å². The van der Waals surface area contributed by atoms with E-state index in [1.165, 1.54) is 0 Å². The number of hydrogen-bond donors (Lipinski definition) is 1. The second-order valence-corrected chi connectivity index (χ2v) is 8.45. The molecule has 0 bridgehead atoms. The second kappa shape index (κ2) is 10.8. The summed E-state index contributed by atoms with van der Waals surface area (Å²) in [6.07, 6.45) is 3.58. The third kappa shape index (κ3) is 5.16. The maximum Gasteiger partial charge on any atom is 0.253 e. The minimum absolute atomic E-state index is 0.143. The lowest BCUT2D eigenvalue weighted by Gasteiger charge is -2.31. The Morgan fingerprint density at radius 1 is 1.00 bits per heavy atom. The van der Waals surface area contributed by atoms with Gasteiger partial charge in [0.15, 0.2) is 11.5 Å². The molecule has 1 heterocycles. The highest BCUT2D eigenvalue weighted by molar-refractivity contribution is 6.30. The van der Waals surface area contributed by atoms with Gasteiger partial charge in [-0.15, -0.1) is 0 Å². The van der Waals surface area contributed by atoms with Crippen LogP contribution < -0.4 is 19.5 Å². The molecule has 7 nitrogen and oxygen atoms in total. The molecule has 1 saturated heterocycles. The fraction of sp³-hybridized carbons (Fsp3) is 0.346. The van der Waals surface area contributed by atoms with Crippen molar-refractivity contribution in [2.75, 3.05) is 52.9 Å². The molecule has 1 aliphatic carbocycles. The first-order valence-corrected chi connectivity index (χ1v) is 11.6. The van der Waals surface area contributed by atoms with E-state index < -0.39 is 0 Å². The van der Waals surface area contributed by atoms with Gasteiger partial charge in [0.2, 0.25) is 5.75 Å². The van der Waals surface area contributed by atoms with Gasteiger partial charge in [0.1, 0.15) is 0 Å². The zero-order valence-corrected chi connectivity index (χ0v) is 20.4. The molecule has 0 aromatic heterocycles. The summed E-state index contributed by atoms with van der Waals surface area (Å²) in [5.74, 6) is 1.30. The summed E-state index contributed by atoms with van der Waals surface area (Å²) < 4.78 is 21.8. The molecule has 2 aliphatic rings. The Balaban J connectivity index is 1.68. The number of ether oxygens (including phenoxy) is 4. The number of amides is 1. The summed E-state index contributed by atoms with van der Waals surface area (Å²) in [6.45, 7) is 2.77. The predicted molar refractivity (Wildman–Crippen MR) is 133 cm³/mol. The van der Waals surface area contributed by atoms with Crippen molar-refractivity contribution in [1.29, 1.82) is 0 Å². The molecular formula is C26H29ClN2O5. The van der Waals surface area contributed by atoms with Crippen LogP contribution in [0.5, 0.6) is 17.2 Å². The summed E-state index contributed by atoms with van der Waals surface area (Å²) in [6, 6.07) is 11.2. The highest BCUT2D eigenvalue weighted by atomic mass is 35.5. The molecule has 0 radical (unpaired) electrons. The molecule has 2 aromatic rings. The Morgan fingerprint density at radius 2 is 1.65 bits per heavy atom. The third-order valence-electron chi connectivity index (χ3n) is 5.97. The van der Waals surface area contributed by atoms with E-state index in [4.69, 9.17) is 30.5 Å². The number of anilines is 1. The minimum atomic E-state index is -0.143. The first kappa shape index (κ1) is 24.0. The van der Waals surface area contributed by atoms with Gasteiger partial charge in [-0.3, -0.25) is 4.79 Å². The molecule has 0 saturated carbocycles. The minimum Gasteiger partial charge on any atom is -0.493 e. The van der Waals surface area contributed by atoms with Crippen molar-refractivity contribution in [2.45, 2.75) is 12.8 Å². The van der Waals surface area contributed by atoms with Crippen molar-refractivity contribution in [2.24, 2.45) is 0 Å². The smallest absolute Gasteiger partial charge is 0.253 e. The number of allylic oxidation sites excluding steroid dienone is 1. The molecule has 0 spiro atoms. The Kier molecular flexibility index (Phi) is 7.65.